The second-order valence-corrected chi connectivity index (χ2v) is 4.96. The van der Waals surface area contributed by atoms with Gasteiger partial charge in [-0.15, -0.1) is 0 Å². The molecule has 0 unspecified atom stereocenters. The Kier molecular flexibility index (Phi) is 4.73. The highest BCUT2D eigenvalue weighted by atomic mass is 35.5. The highest BCUT2D eigenvalue weighted by Crippen LogP contribution is 2.35. The SMILES string of the molecule is O=C(Oc1cccc(C(F)(F)F)c1)n1c(C(F)(F)F)nc(Cl)c1Cl. The normalized spacial score (nSPS) is 12.3. The molecular formula is C12H4Cl2F6N2O2. The minimum Gasteiger partial charge on any atom is -0.410 e. The number of nitrogens with zero attached hydrogens (tertiary/aromatic N) is 2. The molecule has 0 saturated heterocycles. The van der Waals surface area contributed by atoms with Crippen LogP contribution in [-0.4, -0.2) is 15.6 Å². The van der Waals surface area contributed by atoms with E-state index in [4.69, 9.17) is 23.2 Å². The maximum Gasteiger partial charge on any atom is 0.450 e. The fourth-order valence-electron chi connectivity index (χ4n) is 1.61. The average molecular weight is 393 g/mol. The van der Waals surface area contributed by atoms with E-state index < -0.39 is 45.9 Å². The van der Waals surface area contributed by atoms with Crippen molar-refractivity contribution in [3.63, 3.8) is 0 Å². The molecule has 0 bridgehead atoms. The largest absolute Gasteiger partial charge is 0.450 e. The molecule has 24 heavy (non-hydrogen) atoms. The number of halogens is 8. The van der Waals surface area contributed by atoms with Gasteiger partial charge in [0.05, 0.1) is 5.56 Å². The predicted octanol–water partition coefficient (Wildman–Crippen LogP) is 5.27. The van der Waals surface area contributed by atoms with Crippen molar-refractivity contribution in [3.05, 3.63) is 46.0 Å². The maximum absolute atomic E-state index is 12.8. The van der Waals surface area contributed by atoms with Crippen LogP contribution in [0.25, 0.3) is 0 Å². The molecule has 1 aromatic heterocycles. The van der Waals surface area contributed by atoms with Crippen LogP contribution in [0.1, 0.15) is 11.4 Å². The molecule has 0 N–H and O–H groups in total. The lowest BCUT2D eigenvalue weighted by molar-refractivity contribution is -0.146. The quantitative estimate of drug-likeness (QED) is 0.620. The molecular weight excluding hydrogens is 389 g/mol. The van der Waals surface area contributed by atoms with E-state index in [1.807, 2.05) is 0 Å². The number of rotatable bonds is 1. The first-order valence-corrected chi connectivity index (χ1v) is 6.57. The molecule has 0 aliphatic heterocycles. The van der Waals surface area contributed by atoms with E-state index in [1.54, 1.807) is 0 Å². The summed E-state index contributed by atoms with van der Waals surface area (Å²) in [6.07, 6.45) is -11.5. The van der Waals surface area contributed by atoms with Crippen LogP contribution in [0, 0.1) is 0 Å². The smallest absolute Gasteiger partial charge is 0.410 e. The van der Waals surface area contributed by atoms with E-state index >= 15 is 0 Å². The zero-order valence-electron chi connectivity index (χ0n) is 11.0. The van der Waals surface area contributed by atoms with Gasteiger partial charge in [-0.1, -0.05) is 29.3 Å². The maximum atomic E-state index is 12.8. The number of imidazole rings is 1. The van der Waals surface area contributed by atoms with Crippen molar-refractivity contribution in [2.24, 2.45) is 0 Å². The average Bonchev–Trinajstić information content (AvgIpc) is 2.74. The minimum atomic E-state index is -5.09. The van der Waals surface area contributed by atoms with Gasteiger partial charge in [0.15, 0.2) is 10.3 Å². The Morgan fingerprint density at radius 2 is 1.71 bits per heavy atom. The number of aromatic nitrogens is 2. The third kappa shape index (κ3) is 3.75. The van der Waals surface area contributed by atoms with Crippen LogP contribution in [-0.2, 0) is 12.4 Å². The van der Waals surface area contributed by atoms with Crippen LogP contribution in [0.4, 0.5) is 31.1 Å². The summed E-state index contributed by atoms with van der Waals surface area (Å²) in [5.41, 5.74) is -1.15. The van der Waals surface area contributed by atoms with E-state index in [1.165, 1.54) is 0 Å². The monoisotopic (exact) mass is 392 g/mol. The van der Waals surface area contributed by atoms with Gasteiger partial charge in [0.25, 0.3) is 0 Å². The number of ether oxygens (including phenoxy) is 1. The molecule has 0 radical (unpaired) electrons. The molecule has 0 atom stereocenters. The number of alkyl halides is 6. The second-order valence-electron chi connectivity index (χ2n) is 4.24. The Morgan fingerprint density at radius 3 is 2.25 bits per heavy atom. The summed E-state index contributed by atoms with van der Waals surface area (Å²) < 4.78 is 80.4. The van der Waals surface area contributed by atoms with Gasteiger partial charge in [0.1, 0.15) is 5.75 Å². The van der Waals surface area contributed by atoms with Crippen LogP contribution < -0.4 is 4.74 Å². The van der Waals surface area contributed by atoms with Crippen molar-refractivity contribution in [1.29, 1.82) is 0 Å². The highest BCUT2D eigenvalue weighted by molar-refractivity contribution is 6.41. The summed E-state index contributed by atoms with van der Waals surface area (Å²) in [5.74, 6) is -2.40. The van der Waals surface area contributed by atoms with Gasteiger partial charge < -0.3 is 4.74 Å². The van der Waals surface area contributed by atoms with Gasteiger partial charge in [-0.25, -0.2) is 14.3 Å². The molecule has 2 aromatic rings. The Balaban J connectivity index is 2.38. The zero-order valence-corrected chi connectivity index (χ0v) is 12.6. The molecule has 1 heterocycles. The molecule has 0 saturated carbocycles. The van der Waals surface area contributed by atoms with Crippen molar-refractivity contribution in [2.75, 3.05) is 0 Å². The topological polar surface area (TPSA) is 44.1 Å². The molecule has 0 spiro atoms. The lowest BCUT2D eigenvalue weighted by atomic mass is 10.2. The Morgan fingerprint density at radius 1 is 1.08 bits per heavy atom. The van der Waals surface area contributed by atoms with E-state index in [0.717, 1.165) is 12.1 Å². The van der Waals surface area contributed by atoms with Gasteiger partial charge >= 0.3 is 18.4 Å². The summed E-state index contributed by atoms with van der Waals surface area (Å²) in [6.45, 7) is 0. The van der Waals surface area contributed by atoms with E-state index in [9.17, 15) is 31.1 Å². The summed E-state index contributed by atoms with van der Waals surface area (Å²) in [7, 11) is 0. The molecule has 2 rings (SSSR count). The van der Waals surface area contributed by atoms with Crippen molar-refractivity contribution >= 4 is 29.3 Å². The van der Waals surface area contributed by atoms with Crippen molar-refractivity contribution < 1.29 is 35.9 Å². The summed E-state index contributed by atoms with van der Waals surface area (Å²) in [6, 6.07) is 3.00. The lowest BCUT2D eigenvalue weighted by Crippen LogP contribution is -2.24. The highest BCUT2D eigenvalue weighted by Gasteiger charge is 2.41. The number of hydrogen-bond acceptors (Lipinski definition) is 3. The summed E-state index contributed by atoms with van der Waals surface area (Å²) >= 11 is 10.8. The van der Waals surface area contributed by atoms with Gasteiger partial charge in [0.2, 0.25) is 5.82 Å². The Labute approximate surface area is 139 Å². The van der Waals surface area contributed by atoms with Gasteiger partial charge in [-0.3, -0.25) is 0 Å². The first-order valence-electron chi connectivity index (χ1n) is 5.81. The first kappa shape index (κ1) is 18.4. The van der Waals surface area contributed by atoms with Gasteiger partial charge in [-0.2, -0.15) is 26.3 Å². The van der Waals surface area contributed by atoms with Crippen LogP contribution in [0.5, 0.6) is 5.75 Å². The fourth-order valence-corrected chi connectivity index (χ4v) is 1.97. The Hall–Kier alpha value is -1.94. The van der Waals surface area contributed by atoms with Crippen molar-refractivity contribution in [3.8, 4) is 5.75 Å². The molecule has 0 aliphatic carbocycles. The number of carbonyl (C=O) groups is 1. The number of carbonyl (C=O) groups excluding carboxylic acids is 1. The van der Waals surface area contributed by atoms with Crippen LogP contribution >= 0.6 is 23.2 Å². The molecule has 0 fully saturated rings. The first-order chi connectivity index (χ1) is 10.9. The van der Waals surface area contributed by atoms with Crippen molar-refractivity contribution in [2.45, 2.75) is 12.4 Å². The van der Waals surface area contributed by atoms with E-state index in [2.05, 4.69) is 9.72 Å². The second kappa shape index (κ2) is 6.17. The molecule has 0 aliphatic rings. The van der Waals surface area contributed by atoms with E-state index in [0.29, 0.717) is 12.1 Å². The van der Waals surface area contributed by atoms with Crippen molar-refractivity contribution in [1.82, 2.24) is 9.55 Å². The van der Waals surface area contributed by atoms with Crippen LogP contribution in [0.3, 0.4) is 0 Å². The number of benzene rings is 1. The van der Waals surface area contributed by atoms with Crippen LogP contribution in [0.15, 0.2) is 24.3 Å². The minimum absolute atomic E-state index is 0.190. The summed E-state index contributed by atoms with van der Waals surface area (Å²) in [4.78, 5) is 14.7. The summed E-state index contributed by atoms with van der Waals surface area (Å²) in [5, 5.41) is -1.70. The third-order valence-electron chi connectivity index (χ3n) is 2.59. The number of hydrogen-bond donors (Lipinski definition) is 0. The Bertz CT molecular complexity index is 785. The molecule has 0 amide bonds. The van der Waals surface area contributed by atoms with Gasteiger partial charge in [0, 0.05) is 0 Å². The predicted molar refractivity (Wildman–Crippen MR) is 70.1 cm³/mol. The fraction of sp³-hybridized carbons (Fsp3) is 0.167. The third-order valence-corrected chi connectivity index (χ3v) is 3.29. The zero-order chi connectivity index (χ0) is 18.3. The van der Waals surface area contributed by atoms with Gasteiger partial charge in [-0.05, 0) is 18.2 Å². The lowest BCUT2D eigenvalue weighted by Gasteiger charge is -2.12. The standard InChI is InChI=1S/C12H4Cl2F6N2O2/c13-7-8(14)22(9(21-7)12(18,19)20)10(23)24-6-3-1-2-5(4-6)11(15,16)17/h1-4H. The molecule has 130 valence electrons. The molecule has 12 heteroatoms. The van der Waals surface area contributed by atoms with Crippen LogP contribution in [0.2, 0.25) is 10.3 Å². The van der Waals surface area contributed by atoms with E-state index in [-0.39, 0.29) is 4.57 Å². The molecule has 1 aromatic carbocycles. The molecule has 4 nitrogen and oxygen atoms in total.